The van der Waals surface area contributed by atoms with Crippen molar-refractivity contribution in [3.8, 4) is 0 Å². The fourth-order valence-corrected chi connectivity index (χ4v) is 2.78. The van der Waals surface area contributed by atoms with Crippen LogP contribution in [0.1, 0.15) is 25.4 Å². The number of thioether (sulfide) groups is 1. The Hall–Kier alpha value is -1.43. The van der Waals surface area contributed by atoms with Crippen molar-refractivity contribution in [3.05, 3.63) is 23.7 Å². The van der Waals surface area contributed by atoms with Crippen molar-refractivity contribution in [1.82, 2.24) is 4.90 Å². The van der Waals surface area contributed by atoms with Crippen LogP contribution in [0.3, 0.4) is 0 Å². The number of hydrogen-bond acceptors (Lipinski definition) is 4. The molecule has 20 heavy (non-hydrogen) atoms. The third-order valence-electron chi connectivity index (χ3n) is 2.85. The number of aliphatic carboxylic acids is 1. The maximum absolute atomic E-state index is 12.0. The van der Waals surface area contributed by atoms with Gasteiger partial charge in [-0.25, -0.2) is 0 Å². The Bertz CT molecular complexity index is 469. The number of carbonyl (C=O) groups excluding carboxylic acids is 1. The second-order valence-electron chi connectivity index (χ2n) is 5.08. The molecule has 1 rings (SSSR count). The number of nitrogens with zero attached hydrogens (tertiary/aromatic N) is 1. The van der Waals surface area contributed by atoms with Gasteiger partial charge in [-0.15, -0.1) is 11.8 Å². The van der Waals surface area contributed by atoms with E-state index in [4.69, 9.17) is 9.52 Å². The minimum Gasteiger partial charge on any atom is -0.480 e. The van der Waals surface area contributed by atoms with Crippen molar-refractivity contribution in [2.45, 2.75) is 32.6 Å². The van der Waals surface area contributed by atoms with E-state index in [9.17, 15) is 9.59 Å². The molecule has 1 N–H and O–H groups in total. The molecule has 0 aromatic carbocycles. The first-order valence-corrected chi connectivity index (χ1v) is 7.49. The molecule has 0 aliphatic heterocycles. The van der Waals surface area contributed by atoms with Gasteiger partial charge in [0.2, 0.25) is 5.91 Å². The van der Waals surface area contributed by atoms with Gasteiger partial charge in [-0.05, 0) is 25.0 Å². The summed E-state index contributed by atoms with van der Waals surface area (Å²) in [6, 6.07) is 3.68. The maximum atomic E-state index is 12.0. The summed E-state index contributed by atoms with van der Waals surface area (Å²) >= 11 is 1.17. The quantitative estimate of drug-likeness (QED) is 0.837. The molecule has 1 aromatic rings. The Morgan fingerprint density at radius 3 is 2.50 bits per heavy atom. The normalized spacial score (nSPS) is 12.4. The van der Waals surface area contributed by atoms with Crippen LogP contribution in [0.4, 0.5) is 0 Å². The van der Waals surface area contributed by atoms with E-state index in [1.807, 2.05) is 32.9 Å². The van der Waals surface area contributed by atoms with Crippen molar-refractivity contribution in [2.24, 2.45) is 5.92 Å². The molecular weight excluding hydrogens is 278 g/mol. The van der Waals surface area contributed by atoms with Crippen molar-refractivity contribution in [2.75, 3.05) is 12.8 Å². The number of rotatable bonds is 7. The fourth-order valence-electron chi connectivity index (χ4n) is 1.71. The molecule has 0 spiro atoms. The van der Waals surface area contributed by atoms with Crippen LogP contribution in [0.2, 0.25) is 0 Å². The monoisotopic (exact) mass is 299 g/mol. The minimum absolute atomic E-state index is 0.0108. The third kappa shape index (κ3) is 4.92. The second kappa shape index (κ2) is 7.38. The predicted octanol–water partition coefficient (Wildman–Crippen LogP) is 2.39. The Labute approximate surface area is 123 Å². The van der Waals surface area contributed by atoms with Crippen LogP contribution in [-0.4, -0.2) is 39.9 Å². The van der Waals surface area contributed by atoms with Gasteiger partial charge in [-0.2, -0.15) is 0 Å². The van der Waals surface area contributed by atoms with Gasteiger partial charge >= 0.3 is 5.97 Å². The molecule has 6 heteroatoms. The highest BCUT2D eigenvalue weighted by Crippen LogP contribution is 2.20. The average molecular weight is 299 g/mol. The van der Waals surface area contributed by atoms with E-state index >= 15 is 0 Å². The number of furan rings is 1. The molecule has 112 valence electrons. The molecule has 0 aliphatic rings. The highest BCUT2D eigenvalue weighted by Gasteiger charge is 2.23. The Kier molecular flexibility index (Phi) is 6.13. The number of amides is 1. The minimum atomic E-state index is -0.873. The highest BCUT2D eigenvalue weighted by atomic mass is 32.2. The zero-order valence-electron chi connectivity index (χ0n) is 12.3. The molecule has 1 atom stereocenters. The fraction of sp³-hybridized carbons (Fsp3) is 0.571. The van der Waals surface area contributed by atoms with Crippen LogP contribution < -0.4 is 0 Å². The highest BCUT2D eigenvalue weighted by molar-refractivity contribution is 8.01. The number of carboxylic acids is 1. The molecule has 0 radical (unpaired) electrons. The van der Waals surface area contributed by atoms with E-state index in [0.717, 1.165) is 11.5 Å². The average Bonchev–Trinajstić information content (AvgIpc) is 2.73. The zero-order chi connectivity index (χ0) is 15.3. The molecule has 0 fully saturated rings. The second-order valence-corrected chi connectivity index (χ2v) is 6.21. The lowest BCUT2D eigenvalue weighted by Crippen LogP contribution is -2.30. The summed E-state index contributed by atoms with van der Waals surface area (Å²) in [7, 11) is 1.69. The van der Waals surface area contributed by atoms with Gasteiger partial charge < -0.3 is 14.4 Å². The van der Waals surface area contributed by atoms with Gasteiger partial charge in [0.05, 0.1) is 12.3 Å². The van der Waals surface area contributed by atoms with Crippen LogP contribution >= 0.6 is 11.8 Å². The van der Waals surface area contributed by atoms with Gasteiger partial charge in [-0.3, -0.25) is 9.59 Å². The molecule has 0 bridgehead atoms. The first-order chi connectivity index (χ1) is 9.31. The summed E-state index contributed by atoms with van der Waals surface area (Å²) in [5.41, 5.74) is 0. The molecule has 1 heterocycles. The summed E-state index contributed by atoms with van der Waals surface area (Å²) in [4.78, 5) is 24.6. The Morgan fingerprint density at radius 1 is 1.40 bits per heavy atom. The lowest BCUT2D eigenvalue weighted by molar-refractivity contribution is -0.137. The summed E-state index contributed by atoms with van der Waals surface area (Å²) in [5.74, 6) is 0.704. The SMILES string of the molecule is Cc1ccc(CN(C)C(=O)CSC(C(=O)O)C(C)C)o1. The summed E-state index contributed by atoms with van der Waals surface area (Å²) < 4.78 is 5.41. The van der Waals surface area contributed by atoms with E-state index in [1.165, 1.54) is 11.8 Å². The van der Waals surface area contributed by atoms with Crippen molar-refractivity contribution >= 4 is 23.6 Å². The van der Waals surface area contributed by atoms with E-state index in [-0.39, 0.29) is 17.6 Å². The van der Waals surface area contributed by atoms with Crippen LogP contribution in [0.25, 0.3) is 0 Å². The lowest BCUT2D eigenvalue weighted by atomic mass is 10.1. The standard InChI is InChI=1S/C14H21NO4S/c1-9(2)13(14(17)18)20-8-12(16)15(4)7-11-6-5-10(3)19-11/h5-6,9,13H,7-8H2,1-4H3,(H,17,18). The molecule has 5 nitrogen and oxygen atoms in total. The number of hydrogen-bond donors (Lipinski definition) is 1. The molecule has 1 aromatic heterocycles. The van der Waals surface area contributed by atoms with Crippen molar-refractivity contribution in [3.63, 3.8) is 0 Å². The van der Waals surface area contributed by atoms with Gasteiger partial charge in [0.15, 0.2) is 0 Å². The largest absolute Gasteiger partial charge is 0.480 e. The maximum Gasteiger partial charge on any atom is 0.316 e. The molecule has 0 saturated heterocycles. The number of carboxylic acid groups (broad SMARTS) is 1. The first kappa shape index (κ1) is 16.6. The first-order valence-electron chi connectivity index (χ1n) is 6.45. The topological polar surface area (TPSA) is 70.8 Å². The van der Waals surface area contributed by atoms with Gasteiger partial charge in [0.25, 0.3) is 0 Å². The molecular formula is C14H21NO4S. The molecule has 0 aliphatic carbocycles. The number of aryl methyl sites for hydroxylation is 1. The van der Waals surface area contributed by atoms with Gasteiger partial charge in [0, 0.05) is 7.05 Å². The number of carbonyl (C=O) groups is 2. The molecule has 1 unspecified atom stereocenters. The van der Waals surface area contributed by atoms with E-state index in [0.29, 0.717) is 6.54 Å². The van der Waals surface area contributed by atoms with Crippen LogP contribution in [0, 0.1) is 12.8 Å². The molecule has 1 amide bonds. The summed E-state index contributed by atoms with van der Waals surface area (Å²) in [6.07, 6.45) is 0. The van der Waals surface area contributed by atoms with Gasteiger partial charge in [0.1, 0.15) is 16.8 Å². The van der Waals surface area contributed by atoms with Gasteiger partial charge in [-0.1, -0.05) is 13.8 Å². The van der Waals surface area contributed by atoms with Crippen molar-refractivity contribution in [1.29, 1.82) is 0 Å². The summed E-state index contributed by atoms with van der Waals surface area (Å²) in [5, 5.41) is 8.52. The summed E-state index contributed by atoms with van der Waals surface area (Å²) in [6.45, 7) is 5.92. The van der Waals surface area contributed by atoms with Crippen LogP contribution in [0.15, 0.2) is 16.5 Å². The predicted molar refractivity (Wildman–Crippen MR) is 78.6 cm³/mol. The smallest absolute Gasteiger partial charge is 0.316 e. The zero-order valence-corrected chi connectivity index (χ0v) is 13.1. The molecule has 0 saturated carbocycles. The van der Waals surface area contributed by atoms with Crippen molar-refractivity contribution < 1.29 is 19.1 Å². The van der Waals surface area contributed by atoms with E-state index in [1.54, 1.807) is 11.9 Å². The lowest BCUT2D eigenvalue weighted by Gasteiger charge is -2.19. The van der Waals surface area contributed by atoms with E-state index in [2.05, 4.69) is 0 Å². The third-order valence-corrected chi connectivity index (χ3v) is 4.37. The van der Waals surface area contributed by atoms with Crippen LogP contribution in [-0.2, 0) is 16.1 Å². The Morgan fingerprint density at radius 2 is 2.05 bits per heavy atom. The Balaban J connectivity index is 2.47. The van der Waals surface area contributed by atoms with E-state index < -0.39 is 11.2 Å². The van der Waals surface area contributed by atoms with Crippen LogP contribution in [0.5, 0.6) is 0 Å².